The third kappa shape index (κ3) is 5.09. The van der Waals surface area contributed by atoms with E-state index in [2.05, 4.69) is 4.90 Å². The predicted octanol–water partition coefficient (Wildman–Crippen LogP) is 0.526. The van der Waals surface area contributed by atoms with Crippen molar-refractivity contribution in [2.24, 2.45) is 0 Å². The van der Waals surface area contributed by atoms with E-state index in [0.29, 0.717) is 38.6 Å². The Morgan fingerprint density at radius 2 is 1.96 bits per heavy atom. The molecule has 1 unspecified atom stereocenters. The lowest BCUT2D eigenvalue weighted by molar-refractivity contribution is -0.138. The van der Waals surface area contributed by atoms with Crippen molar-refractivity contribution >= 4 is 5.97 Å². The molecule has 0 aromatic heterocycles. The summed E-state index contributed by atoms with van der Waals surface area (Å²) in [5, 5.41) is 19.0. The molecule has 2 atom stereocenters. The van der Waals surface area contributed by atoms with E-state index < -0.39 is 12.1 Å². The standard InChI is InChI=1S/C17H26N2O5/c1-3-23-15-6-4-5-7-16(15)24-9-8-19-10-13(14(20)11-19)18(2)12-17(21)22/h4-7,13-14,20H,3,8-12H2,1-2H3,(H,21,22)/t13?,14-/m1/s1. The van der Waals surface area contributed by atoms with E-state index in [9.17, 15) is 9.90 Å². The summed E-state index contributed by atoms with van der Waals surface area (Å²) in [7, 11) is 1.72. The van der Waals surface area contributed by atoms with Crippen molar-refractivity contribution in [2.45, 2.75) is 19.1 Å². The summed E-state index contributed by atoms with van der Waals surface area (Å²) in [6.07, 6.45) is -0.551. The summed E-state index contributed by atoms with van der Waals surface area (Å²) in [6, 6.07) is 7.37. The lowest BCUT2D eigenvalue weighted by Crippen LogP contribution is -2.43. The molecule has 1 aromatic rings. The van der Waals surface area contributed by atoms with Crippen molar-refractivity contribution in [3.05, 3.63) is 24.3 Å². The number of rotatable bonds is 9. The fourth-order valence-electron chi connectivity index (χ4n) is 2.92. The number of ether oxygens (including phenoxy) is 2. The van der Waals surface area contributed by atoms with Gasteiger partial charge >= 0.3 is 5.97 Å². The molecule has 1 aromatic carbocycles. The van der Waals surface area contributed by atoms with Gasteiger partial charge in [0.05, 0.1) is 19.3 Å². The number of β-amino-alcohol motifs (C(OH)–C–C–N with tert-alkyl or cyclic N) is 1. The van der Waals surface area contributed by atoms with E-state index in [0.717, 1.165) is 5.75 Å². The highest BCUT2D eigenvalue weighted by Gasteiger charge is 2.34. The van der Waals surface area contributed by atoms with E-state index in [1.54, 1.807) is 11.9 Å². The molecule has 7 heteroatoms. The average molecular weight is 338 g/mol. The first-order valence-electron chi connectivity index (χ1n) is 8.18. The molecule has 24 heavy (non-hydrogen) atoms. The van der Waals surface area contributed by atoms with Crippen LogP contribution in [0.4, 0.5) is 0 Å². The Bertz CT molecular complexity index is 539. The molecule has 1 fully saturated rings. The van der Waals surface area contributed by atoms with Crippen LogP contribution in [0.5, 0.6) is 11.5 Å². The molecule has 134 valence electrons. The molecule has 1 heterocycles. The zero-order chi connectivity index (χ0) is 17.5. The first kappa shape index (κ1) is 18.5. The van der Waals surface area contributed by atoms with Crippen LogP contribution in [0.3, 0.4) is 0 Å². The number of likely N-dealkylation sites (tertiary alicyclic amines) is 1. The van der Waals surface area contributed by atoms with E-state index in [-0.39, 0.29) is 12.6 Å². The summed E-state index contributed by atoms with van der Waals surface area (Å²) < 4.78 is 11.3. The number of hydrogen-bond donors (Lipinski definition) is 2. The van der Waals surface area contributed by atoms with Gasteiger partial charge in [-0.1, -0.05) is 12.1 Å². The lowest BCUT2D eigenvalue weighted by Gasteiger charge is -2.24. The van der Waals surface area contributed by atoms with Crippen LogP contribution in [0.2, 0.25) is 0 Å². The highest BCUT2D eigenvalue weighted by atomic mass is 16.5. The average Bonchev–Trinajstić information content (AvgIpc) is 2.89. The monoisotopic (exact) mass is 338 g/mol. The normalized spacial score (nSPS) is 21.2. The zero-order valence-electron chi connectivity index (χ0n) is 14.2. The number of carboxylic acids is 1. The molecule has 7 nitrogen and oxygen atoms in total. The fraction of sp³-hybridized carbons (Fsp3) is 0.588. The van der Waals surface area contributed by atoms with Gasteiger partial charge in [-0.05, 0) is 26.1 Å². The fourth-order valence-corrected chi connectivity index (χ4v) is 2.92. The van der Waals surface area contributed by atoms with Gasteiger partial charge in [0.2, 0.25) is 0 Å². The van der Waals surface area contributed by atoms with Crippen LogP contribution in [0.15, 0.2) is 24.3 Å². The van der Waals surface area contributed by atoms with Crippen LogP contribution in [-0.2, 0) is 4.79 Å². The number of nitrogens with zero attached hydrogens (tertiary/aromatic N) is 2. The van der Waals surface area contributed by atoms with Gasteiger partial charge in [-0.25, -0.2) is 0 Å². The van der Waals surface area contributed by atoms with Gasteiger partial charge in [-0.15, -0.1) is 0 Å². The molecule has 1 aliphatic rings. The van der Waals surface area contributed by atoms with E-state index in [4.69, 9.17) is 14.6 Å². The zero-order valence-corrected chi connectivity index (χ0v) is 14.2. The van der Waals surface area contributed by atoms with Gasteiger partial charge in [0.1, 0.15) is 6.61 Å². The number of benzene rings is 1. The molecule has 1 aliphatic heterocycles. The molecule has 2 N–H and O–H groups in total. The minimum Gasteiger partial charge on any atom is -0.490 e. The molecule has 0 spiro atoms. The largest absolute Gasteiger partial charge is 0.490 e. The maximum Gasteiger partial charge on any atom is 0.317 e. The van der Waals surface area contributed by atoms with Crippen molar-refractivity contribution in [3.63, 3.8) is 0 Å². The molecule has 0 saturated carbocycles. The van der Waals surface area contributed by atoms with E-state index in [1.807, 2.05) is 31.2 Å². The summed E-state index contributed by atoms with van der Waals surface area (Å²) in [5.74, 6) is 0.540. The van der Waals surface area contributed by atoms with Gasteiger partial charge in [0, 0.05) is 25.7 Å². The second kappa shape index (κ2) is 8.86. The smallest absolute Gasteiger partial charge is 0.317 e. The summed E-state index contributed by atoms with van der Waals surface area (Å²) >= 11 is 0. The maximum atomic E-state index is 10.8. The maximum absolute atomic E-state index is 10.8. The minimum atomic E-state index is -0.890. The molecule has 0 amide bonds. The highest BCUT2D eigenvalue weighted by molar-refractivity contribution is 5.69. The van der Waals surface area contributed by atoms with Crippen molar-refractivity contribution in [1.29, 1.82) is 0 Å². The number of likely N-dealkylation sites (N-methyl/N-ethyl adjacent to an activating group) is 1. The third-order valence-corrected chi connectivity index (χ3v) is 4.10. The second-order valence-electron chi connectivity index (χ2n) is 5.93. The Morgan fingerprint density at radius 1 is 1.29 bits per heavy atom. The van der Waals surface area contributed by atoms with Crippen LogP contribution >= 0.6 is 0 Å². The van der Waals surface area contributed by atoms with Gasteiger partial charge in [-0.2, -0.15) is 0 Å². The first-order valence-corrected chi connectivity index (χ1v) is 8.18. The van der Waals surface area contributed by atoms with E-state index in [1.165, 1.54) is 0 Å². The van der Waals surface area contributed by atoms with Crippen LogP contribution in [-0.4, -0.2) is 84.6 Å². The van der Waals surface area contributed by atoms with Crippen molar-refractivity contribution in [3.8, 4) is 11.5 Å². The summed E-state index contributed by atoms with van der Waals surface area (Å²) in [4.78, 5) is 14.6. The number of hydrogen-bond acceptors (Lipinski definition) is 6. The van der Waals surface area contributed by atoms with E-state index >= 15 is 0 Å². The summed E-state index contributed by atoms with van der Waals surface area (Å²) in [6.45, 7) is 4.72. The molecular weight excluding hydrogens is 312 g/mol. The van der Waals surface area contributed by atoms with Gasteiger partial charge in [0.25, 0.3) is 0 Å². The molecule has 0 radical (unpaired) electrons. The predicted molar refractivity (Wildman–Crippen MR) is 89.6 cm³/mol. The Hall–Kier alpha value is -1.83. The molecule has 0 bridgehead atoms. The Labute approximate surface area is 142 Å². The van der Waals surface area contributed by atoms with Crippen molar-refractivity contribution < 1.29 is 24.5 Å². The number of carbonyl (C=O) groups is 1. The van der Waals surface area contributed by atoms with Crippen LogP contribution in [0.25, 0.3) is 0 Å². The first-order chi connectivity index (χ1) is 11.5. The number of aliphatic hydroxyl groups excluding tert-OH is 1. The Kier molecular flexibility index (Phi) is 6.84. The third-order valence-electron chi connectivity index (χ3n) is 4.10. The van der Waals surface area contributed by atoms with Crippen LogP contribution in [0, 0.1) is 0 Å². The molecule has 1 saturated heterocycles. The topological polar surface area (TPSA) is 82.5 Å². The van der Waals surface area contributed by atoms with Crippen molar-refractivity contribution in [1.82, 2.24) is 9.80 Å². The SMILES string of the molecule is CCOc1ccccc1OCCN1CC(N(C)CC(=O)O)[C@H](O)C1. The van der Waals surface area contributed by atoms with Crippen LogP contribution < -0.4 is 9.47 Å². The molecular formula is C17H26N2O5. The Morgan fingerprint density at radius 3 is 2.58 bits per heavy atom. The van der Waals surface area contributed by atoms with Crippen molar-refractivity contribution in [2.75, 3.05) is 46.4 Å². The Balaban J connectivity index is 1.80. The lowest BCUT2D eigenvalue weighted by atomic mass is 10.2. The summed E-state index contributed by atoms with van der Waals surface area (Å²) in [5.41, 5.74) is 0. The number of aliphatic hydroxyl groups is 1. The van der Waals surface area contributed by atoms with Crippen LogP contribution in [0.1, 0.15) is 6.92 Å². The number of carboxylic acid groups (broad SMARTS) is 1. The second-order valence-corrected chi connectivity index (χ2v) is 5.93. The number of para-hydroxylation sites is 2. The van der Waals surface area contributed by atoms with Gasteiger partial charge < -0.3 is 19.7 Å². The van der Waals surface area contributed by atoms with Gasteiger partial charge in [0.15, 0.2) is 11.5 Å². The minimum absolute atomic E-state index is 0.0756. The molecule has 2 rings (SSSR count). The van der Waals surface area contributed by atoms with Gasteiger partial charge in [-0.3, -0.25) is 14.6 Å². The highest BCUT2D eigenvalue weighted by Crippen LogP contribution is 2.26. The number of aliphatic carboxylic acids is 1. The molecule has 0 aliphatic carbocycles. The quantitative estimate of drug-likeness (QED) is 0.679.